The number of aromatic amines is 1. The van der Waals surface area contributed by atoms with E-state index in [0.29, 0.717) is 11.3 Å². The first kappa shape index (κ1) is 13.6. The van der Waals surface area contributed by atoms with Crippen LogP contribution in [-0.4, -0.2) is 52.8 Å². The van der Waals surface area contributed by atoms with Crippen LogP contribution in [0.1, 0.15) is 17.4 Å². The second-order valence-corrected chi connectivity index (χ2v) is 5.17. The molecule has 0 fully saturated rings. The lowest BCUT2D eigenvalue weighted by molar-refractivity contribution is 0.0364. The molecule has 104 valence electrons. The van der Waals surface area contributed by atoms with E-state index in [1.807, 2.05) is 0 Å². The van der Waals surface area contributed by atoms with E-state index in [0.717, 1.165) is 5.52 Å². The van der Waals surface area contributed by atoms with Gasteiger partial charge in [0.1, 0.15) is 5.69 Å². The standard InChI is InChI=1S/C13H18N2O4/c1-13(7-16,8-17)6-15(2)12(18)10-5-11-9(14-10)3-4-19-11/h3-5,14,16-17H,6-8H2,1-2H3. The number of nitrogens with zero attached hydrogens (tertiary/aromatic N) is 1. The number of hydrogen-bond acceptors (Lipinski definition) is 4. The Morgan fingerprint density at radius 3 is 2.74 bits per heavy atom. The SMILES string of the molecule is CN(CC(C)(CO)CO)C(=O)c1cc2occc2[nH]1. The number of furan rings is 1. The van der Waals surface area contributed by atoms with E-state index in [9.17, 15) is 15.0 Å². The van der Waals surface area contributed by atoms with Crippen molar-refractivity contribution >= 4 is 17.0 Å². The number of nitrogens with one attached hydrogen (secondary N) is 1. The van der Waals surface area contributed by atoms with Gasteiger partial charge < -0.3 is 24.5 Å². The third-order valence-corrected chi connectivity index (χ3v) is 3.20. The molecule has 0 aromatic carbocycles. The maximum atomic E-state index is 12.2. The van der Waals surface area contributed by atoms with Crippen molar-refractivity contribution in [3.05, 3.63) is 24.1 Å². The minimum atomic E-state index is -0.712. The van der Waals surface area contributed by atoms with Gasteiger partial charge in [-0.15, -0.1) is 0 Å². The first-order valence-electron chi connectivity index (χ1n) is 6.02. The van der Waals surface area contributed by atoms with Gasteiger partial charge in [0.15, 0.2) is 5.58 Å². The number of amides is 1. The molecule has 3 N–H and O–H groups in total. The molecule has 0 bridgehead atoms. The van der Waals surface area contributed by atoms with Crippen molar-refractivity contribution in [2.45, 2.75) is 6.92 Å². The number of aromatic nitrogens is 1. The Hall–Kier alpha value is -1.79. The first-order chi connectivity index (χ1) is 8.99. The molecular formula is C13H18N2O4. The van der Waals surface area contributed by atoms with E-state index < -0.39 is 5.41 Å². The number of carbonyl (C=O) groups is 1. The highest BCUT2D eigenvalue weighted by atomic mass is 16.3. The molecule has 0 saturated carbocycles. The van der Waals surface area contributed by atoms with Gasteiger partial charge in [0.05, 0.1) is 25.0 Å². The lowest BCUT2D eigenvalue weighted by Gasteiger charge is -2.30. The summed E-state index contributed by atoms with van der Waals surface area (Å²) in [4.78, 5) is 16.6. The molecule has 0 unspecified atom stereocenters. The summed E-state index contributed by atoms with van der Waals surface area (Å²) >= 11 is 0. The molecule has 0 aliphatic heterocycles. The lowest BCUT2D eigenvalue weighted by atomic mass is 9.92. The van der Waals surface area contributed by atoms with Gasteiger partial charge >= 0.3 is 0 Å². The third kappa shape index (κ3) is 2.64. The van der Waals surface area contributed by atoms with Crippen molar-refractivity contribution < 1.29 is 19.4 Å². The monoisotopic (exact) mass is 266 g/mol. The van der Waals surface area contributed by atoms with Crippen LogP contribution in [0, 0.1) is 5.41 Å². The van der Waals surface area contributed by atoms with Crippen molar-refractivity contribution in [3.8, 4) is 0 Å². The maximum absolute atomic E-state index is 12.2. The van der Waals surface area contributed by atoms with Gasteiger partial charge in [0, 0.05) is 31.1 Å². The highest BCUT2D eigenvalue weighted by molar-refractivity contribution is 5.96. The molecule has 0 spiro atoms. The van der Waals surface area contributed by atoms with Gasteiger partial charge in [0.2, 0.25) is 0 Å². The number of aliphatic hydroxyl groups is 2. The zero-order valence-corrected chi connectivity index (χ0v) is 11.0. The van der Waals surface area contributed by atoms with Crippen molar-refractivity contribution in [1.82, 2.24) is 9.88 Å². The summed E-state index contributed by atoms with van der Waals surface area (Å²) in [6.45, 7) is 1.61. The predicted octanol–water partition coefficient (Wildman–Crippen LogP) is 0.824. The van der Waals surface area contributed by atoms with Crippen LogP contribution in [0.15, 0.2) is 22.8 Å². The second kappa shape index (κ2) is 5.07. The Morgan fingerprint density at radius 1 is 1.47 bits per heavy atom. The summed E-state index contributed by atoms with van der Waals surface area (Å²) in [5.41, 5.74) is 1.11. The topological polar surface area (TPSA) is 89.7 Å². The Kier molecular flexibility index (Phi) is 3.64. The molecule has 2 aromatic rings. The van der Waals surface area contributed by atoms with Gasteiger partial charge in [-0.2, -0.15) is 0 Å². The summed E-state index contributed by atoms with van der Waals surface area (Å²) in [5.74, 6) is -0.209. The summed E-state index contributed by atoms with van der Waals surface area (Å²) in [6, 6.07) is 3.39. The Morgan fingerprint density at radius 2 is 2.16 bits per heavy atom. The second-order valence-electron chi connectivity index (χ2n) is 5.17. The van der Waals surface area contributed by atoms with Gasteiger partial charge in [-0.25, -0.2) is 0 Å². The zero-order valence-electron chi connectivity index (χ0n) is 11.0. The molecule has 2 rings (SSSR count). The number of carbonyl (C=O) groups excluding carboxylic acids is 1. The molecule has 0 aliphatic rings. The summed E-state index contributed by atoms with van der Waals surface area (Å²) in [6.07, 6.45) is 1.55. The normalized spacial score (nSPS) is 12.0. The van der Waals surface area contributed by atoms with Gasteiger partial charge in [0.25, 0.3) is 5.91 Å². The number of aliphatic hydroxyl groups excluding tert-OH is 2. The van der Waals surface area contributed by atoms with Crippen LogP contribution in [0.25, 0.3) is 11.1 Å². The van der Waals surface area contributed by atoms with E-state index in [2.05, 4.69) is 4.98 Å². The Balaban J connectivity index is 2.13. The van der Waals surface area contributed by atoms with Crippen molar-refractivity contribution in [2.24, 2.45) is 5.41 Å². The minimum Gasteiger partial charge on any atom is -0.463 e. The quantitative estimate of drug-likeness (QED) is 0.747. The van der Waals surface area contributed by atoms with E-state index in [1.165, 1.54) is 4.90 Å². The van der Waals surface area contributed by atoms with Crippen LogP contribution in [-0.2, 0) is 0 Å². The van der Waals surface area contributed by atoms with E-state index in [-0.39, 0.29) is 25.7 Å². The molecule has 19 heavy (non-hydrogen) atoms. The number of hydrogen-bond donors (Lipinski definition) is 3. The number of fused-ring (bicyclic) bond motifs is 1. The number of rotatable bonds is 5. The average Bonchev–Trinajstić information content (AvgIpc) is 2.98. The van der Waals surface area contributed by atoms with Crippen LogP contribution in [0.2, 0.25) is 0 Å². The summed E-state index contributed by atoms with van der Waals surface area (Å²) in [5, 5.41) is 18.5. The molecule has 0 aliphatic carbocycles. The van der Waals surface area contributed by atoms with Gasteiger partial charge in [-0.1, -0.05) is 6.92 Å². The van der Waals surface area contributed by atoms with Crippen molar-refractivity contribution in [2.75, 3.05) is 26.8 Å². The van der Waals surface area contributed by atoms with Crippen molar-refractivity contribution in [1.29, 1.82) is 0 Å². The fourth-order valence-corrected chi connectivity index (χ4v) is 1.96. The Bertz CT molecular complexity index is 539. The molecule has 0 atom stereocenters. The molecule has 0 saturated heterocycles. The van der Waals surface area contributed by atoms with Crippen LogP contribution in [0.4, 0.5) is 0 Å². The van der Waals surface area contributed by atoms with E-state index >= 15 is 0 Å². The molecule has 6 nitrogen and oxygen atoms in total. The average molecular weight is 266 g/mol. The smallest absolute Gasteiger partial charge is 0.270 e. The molecule has 2 aromatic heterocycles. The predicted molar refractivity (Wildman–Crippen MR) is 69.8 cm³/mol. The fourth-order valence-electron chi connectivity index (χ4n) is 1.96. The fraction of sp³-hybridized carbons (Fsp3) is 0.462. The van der Waals surface area contributed by atoms with Crippen LogP contribution >= 0.6 is 0 Å². The summed E-state index contributed by atoms with van der Waals surface area (Å²) in [7, 11) is 1.63. The molecule has 2 heterocycles. The molecular weight excluding hydrogens is 248 g/mol. The first-order valence-corrected chi connectivity index (χ1v) is 6.02. The van der Waals surface area contributed by atoms with E-state index in [1.54, 1.807) is 32.4 Å². The van der Waals surface area contributed by atoms with Crippen LogP contribution in [0.3, 0.4) is 0 Å². The zero-order chi connectivity index (χ0) is 14.0. The van der Waals surface area contributed by atoms with Crippen LogP contribution < -0.4 is 0 Å². The Labute approximate surface area is 110 Å². The van der Waals surface area contributed by atoms with Crippen molar-refractivity contribution in [3.63, 3.8) is 0 Å². The highest BCUT2D eigenvalue weighted by Gasteiger charge is 2.27. The van der Waals surface area contributed by atoms with E-state index in [4.69, 9.17) is 4.42 Å². The third-order valence-electron chi connectivity index (χ3n) is 3.20. The van der Waals surface area contributed by atoms with Crippen LogP contribution in [0.5, 0.6) is 0 Å². The largest absolute Gasteiger partial charge is 0.463 e. The van der Waals surface area contributed by atoms with Gasteiger partial charge in [-0.3, -0.25) is 4.79 Å². The lowest BCUT2D eigenvalue weighted by Crippen LogP contribution is -2.41. The van der Waals surface area contributed by atoms with Gasteiger partial charge in [-0.05, 0) is 0 Å². The maximum Gasteiger partial charge on any atom is 0.270 e. The molecule has 6 heteroatoms. The highest BCUT2D eigenvalue weighted by Crippen LogP contribution is 2.20. The summed E-state index contributed by atoms with van der Waals surface area (Å²) < 4.78 is 5.19. The minimum absolute atomic E-state index is 0.186. The molecule has 1 amide bonds. The number of H-pyrrole nitrogens is 1. The molecule has 0 radical (unpaired) electrons.